The SMILES string of the molecule is CC/C=C/C(=N\c1cc(CCCCC)cc(CCCCC)c1)C(/CCCC)=N/c1cc(CCCCC)cc(CCCCC)c1.[Pd]. The summed E-state index contributed by atoms with van der Waals surface area (Å²) in [5.74, 6) is 0. The van der Waals surface area contributed by atoms with Gasteiger partial charge < -0.3 is 0 Å². The molecule has 0 bridgehead atoms. The molecule has 0 N–H and O–H groups in total. The van der Waals surface area contributed by atoms with Crippen molar-refractivity contribution in [2.45, 2.75) is 170 Å². The molecule has 0 unspecified atom stereocenters. The molecular formula is C42H66N2Pd. The van der Waals surface area contributed by atoms with E-state index < -0.39 is 0 Å². The van der Waals surface area contributed by atoms with Crippen LogP contribution in [0, 0.1) is 0 Å². The third-order valence-electron chi connectivity index (χ3n) is 8.44. The number of benzene rings is 2. The Bertz CT molecular complexity index is 1090. The summed E-state index contributed by atoms with van der Waals surface area (Å²) in [7, 11) is 0. The van der Waals surface area contributed by atoms with Gasteiger partial charge in [0.15, 0.2) is 0 Å². The number of aryl methyl sites for hydroxylation is 4. The average Bonchev–Trinajstić information content (AvgIpc) is 3.02. The van der Waals surface area contributed by atoms with Gasteiger partial charge in [-0.15, -0.1) is 0 Å². The van der Waals surface area contributed by atoms with Crippen LogP contribution < -0.4 is 0 Å². The molecule has 0 aromatic heterocycles. The van der Waals surface area contributed by atoms with Crippen molar-refractivity contribution < 1.29 is 20.4 Å². The summed E-state index contributed by atoms with van der Waals surface area (Å²) in [6, 6.07) is 14.3. The molecule has 45 heavy (non-hydrogen) atoms. The Morgan fingerprint density at radius 3 is 1.22 bits per heavy atom. The topological polar surface area (TPSA) is 24.7 Å². The van der Waals surface area contributed by atoms with E-state index in [1.54, 1.807) is 0 Å². The van der Waals surface area contributed by atoms with Gasteiger partial charge >= 0.3 is 0 Å². The average molecular weight is 705 g/mol. The van der Waals surface area contributed by atoms with Gasteiger partial charge in [0.05, 0.1) is 22.8 Å². The third-order valence-corrected chi connectivity index (χ3v) is 8.44. The van der Waals surface area contributed by atoms with Crippen LogP contribution in [0.15, 0.2) is 58.5 Å². The van der Waals surface area contributed by atoms with Crippen LogP contribution in [0.5, 0.6) is 0 Å². The molecule has 2 aromatic carbocycles. The minimum absolute atomic E-state index is 0. The molecule has 0 heterocycles. The Morgan fingerprint density at radius 2 is 0.867 bits per heavy atom. The van der Waals surface area contributed by atoms with Gasteiger partial charge in [-0.2, -0.15) is 0 Å². The van der Waals surface area contributed by atoms with Gasteiger partial charge in [-0.3, -0.25) is 4.99 Å². The molecule has 0 aliphatic heterocycles. The first-order valence-electron chi connectivity index (χ1n) is 18.6. The van der Waals surface area contributed by atoms with Crippen LogP contribution in [-0.4, -0.2) is 11.4 Å². The maximum atomic E-state index is 5.42. The van der Waals surface area contributed by atoms with E-state index in [2.05, 4.69) is 90.1 Å². The Morgan fingerprint density at radius 1 is 0.489 bits per heavy atom. The molecule has 0 radical (unpaired) electrons. The van der Waals surface area contributed by atoms with E-state index in [4.69, 9.17) is 9.98 Å². The predicted molar refractivity (Wildman–Crippen MR) is 199 cm³/mol. The maximum Gasteiger partial charge on any atom is 0.0848 e. The first kappa shape index (κ1) is 41.2. The first-order chi connectivity index (χ1) is 21.6. The van der Waals surface area contributed by atoms with Crippen molar-refractivity contribution in [1.29, 1.82) is 0 Å². The van der Waals surface area contributed by atoms with E-state index in [9.17, 15) is 0 Å². The summed E-state index contributed by atoms with van der Waals surface area (Å²) in [6.45, 7) is 13.6. The monoisotopic (exact) mass is 704 g/mol. The van der Waals surface area contributed by atoms with Crippen molar-refractivity contribution in [1.82, 2.24) is 0 Å². The van der Waals surface area contributed by atoms with Crippen molar-refractivity contribution >= 4 is 22.8 Å². The zero-order valence-electron chi connectivity index (χ0n) is 30.0. The maximum absolute atomic E-state index is 5.42. The van der Waals surface area contributed by atoms with E-state index in [0.717, 1.165) is 74.2 Å². The van der Waals surface area contributed by atoms with Crippen LogP contribution in [0.3, 0.4) is 0 Å². The van der Waals surface area contributed by atoms with Gasteiger partial charge in [-0.05, 0) is 123 Å². The second-order valence-corrected chi connectivity index (χ2v) is 12.8. The van der Waals surface area contributed by atoms with Crippen LogP contribution in [0.4, 0.5) is 11.4 Å². The number of hydrogen-bond donors (Lipinski definition) is 0. The van der Waals surface area contributed by atoms with Crippen molar-refractivity contribution in [3.63, 3.8) is 0 Å². The number of hydrogen-bond acceptors (Lipinski definition) is 2. The van der Waals surface area contributed by atoms with Gasteiger partial charge in [0.2, 0.25) is 0 Å². The van der Waals surface area contributed by atoms with Crippen molar-refractivity contribution in [3.05, 3.63) is 70.8 Å². The van der Waals surface area contributed by atoms with Gasteiger partial charge in [0.25, 0.3) is 0 Å². The van der Waals surface area contributed by atoms with E-state index in [1.807, 2.05) is 0 Å². The quantitative estimate of drug-likeness (QED) is 0.0590. The van der Waals surface area contributed by atoms with Crippen LogP contribution in [0.2, 0.25) is 0 Å². The van der Waals surface area contributed by atoms with E-state index in [0.29, 0.717) is 0 Å². The Hall–Kier alpha value is -1.82. The normalized spacial score (nSPS) is 12.2. The molecule has 0 saturated heterocycles. The summed E-state index contributed by atoms with van der Waals surface area (Å²) >= 11 is 0. The third kappa shape index (κ3) is 17.6. The number of aliphatic imine (C=N–C) groups is 2. The van der Waals surface area contributed by atoms with E-state index in [1.165, 1.54) is 99.3 Å². The zero-order chi connectivity index (χ0) is 31.8. The first-order valence-corrected chi connectivity index (χ1v) is 18.6. The largest absolute Gasteiger partial charge is 0.251 e. The molecule has 0 fully saturated rings. The molecule has 2 aromatic rings. The minimum atomic E-state index is 0. The van der Waals surface area contributed by atoms with Gasteiger partial charge in [-0.25, -0.2) is 4.99 Å². The van der Waals surface area contributed by atoms with Crippen LogP contribution in [-0.2, 0) is 46.1 Å². The van der Waals surface area contributed by atoms with Crippen LogP contribution >= 0.6 is 0 Å². The summed E-state index contributed by atoms with van der Waals surface area (Å²) < 4.78 is 0. The molecule has 0 amide bonds. The van der Waals surface area contributed by atoms with E-state index in [-0.39, 0.29) is 20.4 Å². The van der Waals surface area contributed by atoms with Crippen molar-refractivity contribution in [2.75, 3.05) is 0 Å². The predicted octanol–water partition coefficient (Wildman–Crippen LogP) is 13.6. The summed E-state index contributed by atoms with van der Waals surface area (Å²) in [6.07, 6.45) is 28.5. The summed E-state index contributed by atoms with van der Waals surface area (Å²) in [4.78, 5) is 10.8. The molecule has 254 valence electrons. The van der Waals surface area contributed by atoms with Gasteiger partial charge in [-0.1, -0.05) is 118 Å². The fraction of sp³-hybridized carbons (Fsp3) is 0.619. The molecule has 3 heteroatoms. The van der Waals surface area contributed by atoms with Crippen LogP contribution in [0.25, 0.3) is 0 Å². The molecule has 0 aliphatic rings. The molecule has 2 rings (SSSR count). The zero-order valence-corrected chi connectivity index (χ0v) is 31.5. The number of allylic oxidation sites excluding steroid dienone is 2. The van der Waals surface area contributed by atoms with Crippen LogP contribution in [0.1, 0.15) is 167 Å². The van der Waals surface area contributed by atoms with Gasteiger partial charge in [0, 0.05) is 20.4 Å². The Labute approximate surface area is 292 Å². The van der Waals surface area contributed by atoms with Crippen molar-refractivity contribution in [3.8, 4) is 0 Å². The molecular weight excluding hydrogens is 639 g/mol. The van der Waals surface area contributed by atoms with Crippen molar-refractivity contribution in [2.24, 2.45) is 9.98 Å². The van der Waals surface area contributed by atoms with E-state index >= 15 is 0 Å². The molecule has 0 atom stereocenters. The number of nitrogens with zero attached hydrogens (tertiary/aromatic N) is 2. The molecule has 0 aliphatic carbocycles. The number of rotatable bonds is 24. The Balaban J connectivity index is 0.0000101. The molecule has 2 nitrogen and oxygen atoms in total. The summed E-state index contributed by atoms with van der Waals surface area (Å²) in [5.41, 5.74) is 10.1. The summed E-state index contributed by atoms with van der Waals surface area (Å²) in [5, 5.41) is 0. The minimum Gasteiger partial charge on any atom is -0.251 e. The second-order valence-electron chi connectivity index (χ2n) is 12.8. The Kier molecular flexibility index (Phi) is 24.1. The second kappa shape index (κ2) is 26.3. The standard InChI is InChI=1S/C42H66N2.Pd/c1-7-13-19-23-35-29-36(24-20-14-8-2)32-39(31-35)43-41(27-17-11-5)42(28-18-12-6)44-40-33-37(25-21-15-9-3)30-38(34-40)26-22-16-10-4;/h17,27,29-34H,7-16,18-26,28H2,1-6H3;/b27-17+,43-41+,44-42+;. The number of unbranched alkanes of at least 4 members (excludes halogenated alkanes) is 9. The van der Waals surface area contributed by atoms with Gasteiger partial charge in [0.1, 0.15) is 0 Å². The fourth-order valence-electron chi connectivity index (χ4n) is 5.82. The molecule has 0 spiro atoms. The smallest absolute Gasteiger partial charge is 0.0848 e. The fourth-order valence-corrected chi connectivity index (χ4v) is 5.82. The molecule has 0 saturated carbocycles.